The van der Waals surface area contributed by atoms with Gasteiger partial charge in [-0.05, 0) is 84.9 Å². The van der Waals surface area contributed by atoms with Crippen molar-refractivity contribution >= 4 is 58.3 Å². The maximum Gasteiger partial charge on any atom is 0.280 e. The number of carbonyl (C=O) groups excluding carboxylic acids is 1. The molecule has 0 bridgehead atoms. The lowest BCUT2D eigenvalue weighted by atomic mass is 10.0. The Bertz CT molecular complexity index is 2110. The highest BCUT2D eigenvalue weighted by Crippen LogP contribution is 2.32. The van der Waals surface area contributed by atoms with Crippen molar-refractivity contribution in [2.24, 2.45) is 5.10 Å². The van der Waals surface area contributed by atoms with Crippen molar-refractivity contribution in [2.75, 3.05) is 10.8 Å². The Morgan fingerprint density at radius 2 is 1.42 bits per heavy atom. The van der Waals surface area contributed by atoms with Gasteiger partial charge in [0.05, 0.1) is 28.4 Å². The minimum Gasteiger partial charge on any atom is -0.489 e. The summed E-state index contributed by atoms with van der Waals surface area (Å²) in [4.78, 5) is 15.1. The van der Waals surface area contributed by atoms with Crippen LogP contribution in [-0.2, 0) is 11.4 Å². The largest absolute Gasteiger partial charge is 0.489 e. The van der Waals surface area contributed by atoms with Gasteiger partial charge in [-0.25, -0.2) is 4.68 Å². The molecule has 1 aromatic heterocycles. The number of hydrazone groups is 1. The fourth-order valence-electron chi connectivity index (χ4n) is 5.21. The standard InChI is InChI=1S/C39H28Cl2N4O2S/c40-30-17-21-34(22-18-30)48-26-37-35(39(46)45(42-37)32-12-5-2-6-13-32)23-29-24-44(31-10-3-1-4-11-31)43-38(29)27-15-19-33(20-16-27)47-25-28-9-7-8-14-36(28)41/h1-24H,25-26H2/b35-23+. The molecule has 6 aromatic rings. The Balaban J connectivity index is 1.24. The molecule has 0 fully saturated rings. The Kier molecular flexibility index (Phi) is 9.43. The van der Waals surface area contributed by atoms with E-state index >= 15 is 0 Å². The first kappa shape index (κ1) is 31.5. The summed E-state index contributed by atoms with van der Waals surface area (Å²) in [5.41, 5.74) is 6.08. The van der Waals surface area contributed by atoms with E-state index in [-0.39, 0.29) is 5.91 Å². The molecule has 0 radical (unpaired) electrons. The van der Waals surface area contributed by atoms with Gasteiger partial charge >= 0.3 is 0 Å². The zero-order chi connectivity index (χ0) is 32.9. The molecule has 1 aliphatic heterocycles. The summed E-state index contributed by atoms with van der Waals surface area (Å²) in [6.07, 6.45) is 3.85. The number of hydrogen-bond donors (Lipinski definition) is 0. The summed E-state index contributed by atoms with van der Waals surface area (Å²) in [5, 5.41) is 12.6. The molecule has 0 atom stereocenters. The second-order valence-electron chi connectivity index (χ2n) is 10.9. The van der Waals surface area contributed by atoms with Crippen molar-refractivity contribution in [3.8, 4) is 22.7 Å². The normalized spacial score (nSPS) is 13.6. The van der Waals surface area contributed by atoms with Crippen molar-refractivity contribution in [1.82, 2.24) is 9.78 Å². The van der Waals surface area contributed by atoms with E-state index in [1.165, 1.54) is 5.01 Å². The summed E-state index contributed by atoms with van der Waals surface area (Å²) in [7, 11) is 0. The zero-order valence-corrected chi connectivity index (χ0v) is 27.9. The predicted molar refractivity (Wildman–Crippen MR) is 196 cm³/mol. The van der Waals surface area contributed by atoms with Gasteiger partial charge in [0.1, 0.15) is 12.4 Å². The van der Waals surface area contributed by atoms with E-state index in [4.69, 9.17) is 38.1 Å². The van der Waals surface area contributed by atoms with Gasteiger partial charge in [0.25, 0.3) is 5.91 Å². The maximum atomic E-state index is 14.0. The number of benzene rings is 5. The topological polar surface area (TPSA) is 59.7 Å². The Morgan fingerprint density at radius 1 is 0.750 bits per heavy atom. The van der Waals surface area contributed by atoms with E-state index in [2.05, 4.69) is 0 Å². The Labute approximate surface area is 292 Å². The van der Waals surface area contributed by atoms with Gasteiger partial charge in [0.2, 0.25) is 0 Å². The third-order valence-electron chi connectivity index (χ3n) is 7.69. The number of rotatable bonds is 10. The first-order valence-corrected chi connectivity index (χ1v) is 17.0. The molecule has 1 aliphatic rings. The van der Waals surface area contributed by atoms with Crippen LogP contribution in [0, 0.1) is 0 Å². The van der Waals surface area contributed by atoms with E-state index in [1.54, 1.807) is 11.8 Å². The summed E-state index contributed by atoms with van der Waals surface area (Å²) in [5.74, 6) is 0.996. The number of anilines is 1. The van der Waals surface area contributed by atoms with Crippen LogP contribution in [0.25, 0.3) is 23.0 Å². The van der Waals surface area contributed by atoms with E-state index in [9.17, 15) is 4.79 Å². The van der Waals surface area contributed by atoms with Crippen LogP contribution in [0.3, 0.4) is 0 Å². The van der Waals surface area contributed by atoms with E-state index in [0.717, 1.165) is 33.0 Å². The molecule has 0 saturated carbocycles. The third-order valence-corrected chi connectivity index (χ3v) is 9.33. The van der Waals surface area contributed by atoms with Gasteiger partial charge in [0, 0.05) is 43.6 Å². The van der Waals surface area contributed by atoms with Crippen LogP contribution in [0.5, 0.6) is 5.75 Å². The number of thioether (sulfide) groups is 1. The van der Waals surface area contributed by atoms with Crippen molar-refractivity contribution in [2.45, 2.75) is 11.5 Å². The van der Waals surface area contributed by atoms with Crippen LogP contribution < -0.4 is 9.75 Å². The van der Waals surface area contributed by atoms with Crippen LogP contribution in [0.1, 0.15) is 11.1 Å². The summed E-state index contributed by atoms with van der Waals surface area (Å²) in [6.45, 7) is 0.356. The fraction of sp³-hybridized carbons (Fsp3) is 0.0513. The minimum absolute atomic E-state index is 0.199. The number of nitrogens with zero attached hydrogens (tertiary/aromatic N) is 4. The molecule has 2 heterocycles. The van der Waals surface area contributed by atoms with Crippen LogP contribution >= 0.6 is 35.0 Å². The number of para-hydroxylation sites is 2. The van der Waals surface area contributed by atoms with Gasteiger partial charge in [-0.15, -0.1) is 11.8 Å². The van der Waals surface area contributed by atoms with Gasteiger partial charge in [0.15, 0.2) is 0 Å². The van der Waals surface area contributed by atoms with Crippen molar-refractivity contribution in [3.05, 3.63) is 166 Å². The van der Waals surface area contributed by atoms with Gasteiger partial charge in [-0.3, -0.25) is 4.79 Å². The van der Waals surface area contributed by atoms with Crippen molar-refractivity contribution in [3.63, 3.8) is 0 Å². The Hall–Kier alpha value is -5.08. The maximum absolute atomic E-state index is 14.0. The monoisotopic (exact) mass is 686 g/mol. The highest BCUT2D eigenvalue weighted by Gasteiger charge is 2.31. The molecular weight excluding hydrogens is 659 g/mol. The van der Waals surface area contributed by atoms with Crippen molar-refractivity contribution in [1.29, 1.82) is 0 Å². The summed E-state index contributed by atoms with van der Waals surface area (Å²) < 4.78 is 7.86. The number of amides is 1. The average Bonchev–Trinajstić information content (AvgIpc) is 3.69. The second-order valence-corrected chi connectivity index (χ2v) is 12.8. The van der Waals surface area contributed by atoms with Gasteiger partial charge in [-0.1, -0.05) is 77.8 Å². The zero-order valence-electron chi connectivity index (χ0n) is 25.5. The smallest absolute Gasteiger partial charge is 0.280 e. The SMILES string of the molecule is O=C1/C(=C/c2cn(-c3ccccc3)nc2-c2ccc(OCc3ccccc3Cl)cc2)C(CSc2ccc(Cl)cc2)=NN1c1ccccc1. The quantitative estimate of drug-likeness (QED) is 0.106. The number of aromatic nitrogens is 2. The molecule has 0 unspecified atom stereocenters. The molecule has 0 saturated heterocycles. The Morgan fingerprint density at radius 3 is 2.12 bits per heavy atom. The van der Waals surface area contributed by atoms with Crippen LogP contribution in [0.4, 0.5) is 5.69 Å². The molecule has 6 nitrogen and oxygen atoms in total. The molecule has 0 aliphatic carbocycles. The number of ether oxygens (including phenoxy) is 1. The molecule has 1 amide bonds. The third kappa shape index (κ3) is 7.09. The molecular formula is C39H28Cl2N4O2S. The lowest BCUT2D eigenvalue weighted by Gasteiger charge is -2.11. The predicted octanol–water partition coefficient (Wildman–Crippen LogP) is 10.0. The van der Waals surface area contributed by atoms with E-state index < -0.39 is 0 Å². The van der Waals surface area contributed by atoms with E-state index in [1.807, 2.05) is 150 Å². The first-order chi connectivity index (χ1) is 23.5. The number of carbonyl (C=O) groups is 1. The average molecular weight is 688 g/mol. The second kappa shape index (κ2) is 14.4. The van der Waals surface area contributed by atoms with Crippen LogP contribution in [-0.4, -0.2) is 27.2 Å². The van der Waals surface area contributed by atoms with Crippen molar-refractivity contribution < 1.29 is 9.53 Å². The summed E-state index contributed by atoms with van der Waals surface area (Å²) >= 11 is 14.0. The lowest BCUT2D eigenvalue weighted by molar-refractivity contribution is -0.114. The molecule has 7 rings (SSSR count). The van der Waals surface area contributed by atoms with Crippen LogP contribution in [0.15, 0.2) is 155 Å². The number of halogens is 2. The lowest BCUT2D eigenvalue weighted by Crippen LogP contribution is -2.21. The van der Waals surface area contributed by atoms with Gasteiger partial charge in [-0.2, -0.15) is 15.2 Å². The van der Waals surface area contributed by atoms with Gasteiger partial charge < -0.3 is 4.74 Å². The number of hydrogen-bond acceptors (Lipinski definition) is 5. The van der Waals surface area contributed by atoms with Crippen LogP contribution in [0.2, 0.25) is 10.0 Å². The molecule has 5 aromatic carbocycles. The fourth-order valence-corrected chi connectivity index (χ4v) is 6.37. The molecule has 0 spiro atoms. The molecule has 9 heteroatoms. The highest BCUT2D eigenvalue weighted by molar-refractivity contribution is 8.00. The molecule has 48 heavy (non-hydrogen) atoms. The summed E-state index contributed by atoms with van der Waals surface area (Å²) in [6, 6.07) is 42.4. The minimum atomic E-state index is -0.199. The molecule has 236 valence electrons. The highest BCUT2D eigenvalue weighted by atomic mass is 35.5. The molecule has 0 N–H and O–H groups in total. The first-order valence-electron chi connectivity index (χ1n) is 15.2. The van der Waals surface area contributed by atoms with E-state index in [0.29, 0.717) is 45.1 Å².